The van der Waals surface area contributed by atoms with Crippen LogP contribution in [0.2, 0.25) is 0 Å². The molecule has 2 N–H and O–H groups in total. The second kappa shape index (κ2) is 6.23. The van der Waals surface area contributed by atoms with Gasteiger partial charge in [0.15, 0.2) is 0 Å². The number of primary amides is 1. The zero-order valence-corrected chi connectivity index (χ0v) is 14.6. The molecule has 24 heavy (non-hydrogen) atoms. The van der Waals surface area contributed by atoms with E-state index in [1.54, 1.807) is 17.0 Å². The van der Waals surface area contributed by atoms with Crippen molar-refractivity contribution in [3.8, 4) is 0 Å². The van der Waals surface area contributed by atoms with E-state index in [-0.39, 0.29) is 30.3 Å². The summed E-state index contributed by atoms with van der Waals surface area (Å²) in [7, 11) is 1.68. The lowest BCUT2D eigenvalue weighted by Crippen LogP contribution is -2.77. The molecule has 134 valence electrons. The average molecular weight is 337 g/mol. The monoisotopic (exact) mass is 337 g/mol. The number of nitrogens with zero attached hydrogens (tertiary/aromatic N) is 4. The summed E-state index contributed by atoms with van der Waals surface area (Å²) in [5, 5.41) is 2.98. The molecule has 2 heterocycles. The van der Waals surface area contributed by atoms with E-state index in [0.717, 1.165) is 25.7 Å². The van der Waals surface area contributed by atoms with Gasteiger partial charge in [-0.05, 0) is 18.8 Å². The maximum absolute atomic E-state index is 13.1. The second-order valence-corrected chi connectivity index (χ2v) is 7.40. The normalized spacial score (nSPS) is 29.6. The Balaban J connectivity index is 1.98. The number of hydrogen-bond acceptors (Lipinski definition) is 4. The SMILES string of the molecule is CC(C)[C@H]1C(=O)N(C2CCCC2)C[C@H]2N1C(=O)CN(C)N2C(N)=O. The standard InChI is InChI=1S/C16H27N5O3/c1-10(2)14-15(23)19(11-6-4-5-7-11)8-12-20(14)13(22)9-18(3)21(12)16(17)24/h10-12,14H,4-9H2,1-3H3,(H2,17,24)/t12-,14-/m0/s1. The molecule has 0 aromatic rings. The van der Waals surface area contributed by atoms with E-state index in [2.05, 4.69) is 0 Å². The molecule has 0 aromatic heterocycles. The van der Waals surface area contributed by atoms with Crippen LogP contribution in [0.15, 0.2) is 0 Å². The van der Waals surface area contributed by atoms with E-state index < -0.39 is 18.2 Å². The van der Waals surface area contributed by atoms with Gasteiger partial charge in [-0.2, -0.15) is 0 Å². The van der Waals surface area contributed by atoms with Crippen molar-refractivity contribution in [3.05, 3.63) is 0 Å². The first-order valence-corrected chi connectivity index (χ1v) is 8.74. The first-order valence-electron chi connectivity index (χ1n) is 8.74. The minimum Gasteiger partial charge on any atom is -0.350 e. The minimum atomic E-state index is -0.594. The van der Waals surface area contributed by atoms with Gasteiger partial charge in [0.1, 0.15) is 12.2 Å². The Morgan fingerprint density at radius 3 is 2.38 bits per heavy atom. The molecule has 1 aliphatic carbocycles. The Kier molecular flexibility index (Phi) is 4.42. The highest BCUT2D eigenvalue weighted by atomic mass is 16.2. The van der Waals surface area contributed by atoms with E-state index in [9.17, 15) is 14.4 Å². The molecule has 0 radical (unpaired) electrons. The third-order valence-corrected chi connectivity index (χ3v) is 5.44. The summed E-state index contributed by atoms with van der Waals surface area (Å²) in [4.78, 5) is 41.2. The summed E-state index contributed by atoms with van der Waals surface area (Å²) in [6.07, 6.45) is 3.70. The van der Waals surface area contributed by atoms with Crippen molar-refractivity contribution < 1.29 is 14.4 Å². The van der Waals surface area contributed by atoms with E-state index in [1.165, 1.54) is 5.01 Å². The lowest BCUT2D eigenvalue weighted by Gasteiger charge is -2.55. The predicted octanol–water partition coefficient (Wildman–Crippen LogP) is 0.192. The van der Waals surface area contributed by atoms with E-state index in [1.807, 2.05) is 18.7 Å². The number of rotatable bonds is 2. The van der Waals surface area contributed by atoms with E-state index in [4.69, 9.17) is 5.73 Å². The summed E-state index contributed by atoms with van der Waals surface area (Å²) in [6.45, 7) is 4.28. The first-order chi connectivity index (χ1) is 11.3. The van der Waals surface area contributed by atoms with Crippen LogP contribution in [0, 0.1) is 5.92 Å². The fraction of sp³-hybridized carbons (Fsp3) is 0.812. The van der Waals surface area contributed by atoms with Crippen LogP contribution in [0.5, 0.6) is 0 Å². The smallest absolute Gasteiger partial charge is 0.331 e. The average Bonchev–Trinajstić information content (AvgIpc) is 3.00. The molecule has 2 atom stereocenters. The van der Waals surface area contributed by atoms with Crippen LogP contribution in [-0.2, 0) is 9.59 Å². The fourth-order valence-electron chi connectivity index (χ4n) is 4.39. The summed E-state index contributed by atoms with van der Waals surface area (Å²) in [6, 6.07) is -0.923. The van der Waals surface area contributed by atoms with Gasteiger partial charge in [-0.1, -0.05) is 26.7 Å². The summed E-state index contributed by atoms with van der Waals surface area (Å²) < 4.78 is 0. The Labute approximate surface area is 142 Å². The third-order valence-electron chi connectivity index (χ3n) is 5.44. The number of likely N-dealkylation sites (N-methyl/N-ethyl adjacent to an activating group) is 1. The van der Waals surface area contributed by atoms with Gasteiger partial charge in [0.25, 0.3) is 0 Å². The lowest BCUT2D eigenvalue weighted by atomic mass is 9.95. The number of piperazine rings is 1. The number of carbonyl (C=O) groups excluding carboxylic acids is 3. The topological polar surface area (TPSA) is 90.2 Å². The number of hydrogen-bond donors (Lipinski definition) is 1. The van der Waals surface area contributed by atoms with Crippen molar-refractivity contribution in [2.24, 2.45) is 11.7 Å². The van der Waals surface area contributed by atoms with Crippen molar-refractivity contribution in [2.75, 3.05) is 20.1 Å². The van der Waals surface area contributed by atoms with Crippen LogP contribution in [0.1, 0.15) is 39.5 Å². The number of hydrazine groups is 1. The number of amides is 4. The zero-order valence-electron chi connectivity index (χ0n) is 14.6. The van der Waals surface area contributed by atoms with Crippen molar-refractivity contribution in [2.45, 2.75) is 57.8 Å². The van der Waals surface area contributed by atoms with Crippen molar-refractivity contribution in [1.82, 2.24) is 19.8 Å². The molecule has 2 aliphatic heterocycles. The Morgan fingerprint density at radius 2 is 1.83 bits per heavy atom. The molecule has 3 rings (SSSR count). The Bertz CT molecular complexity index is 546. The second-order valence-electron chi connectivity index (χ2n) is 7.40. The molecular formula is C16H27N5O3. The van der Waals surface area contributed by atoms with Crippen molar-refractivity contribution in [3.63, 3.8) is 0 Å². The number of urea groups is 1. The van der Waals surface area contributed by atoms with Gasteiger partial charge < -0.3 is 15.5 Å². The van der Waals surface area contributed by atoms with Gasteiger partial charge in [0.2, 0.25) is 11.8 Å². The largest absolute Gasteiger partial charge is 0.350 e. The van der Waals surface area contributed by atoms with Crippen LogP contribution in [0.25, 0.3) is 0 Å². The summed E-state index contributed by atoms with van der Waals surface area (Å²) in [5.74, 6) is -0.139. The molecule has 8 nitrogen and oxygen atoms in total. The highest BCUT2D eigenvalue weighted by molar-refractivity contribution is 5.91. The molecular weight excluding hydrogens is 310 g/mol. The maximum Gasteiger partial charge on any atom is 0.331 e. The van der Waals surface area contributed by atoms with Crippen LogP contribution in [0.3, 0.4) is 0 Å². The van der Waals surface area contributed by atoms with Gasteiger partial charge in [0.05, 0.1) is 13.1 Å². The maximum atomic E-state index is 13.1. The lowest BCUT2D eigenvalue weighted by molar-refractivity contribution is -0.191. The van der Waals surface area contributed by atoms with Crippen LogP contribution in [0.4, 0.5) is 4.79 Å². The quantitative estimate of drug-likeness (QED) is 0.779. The van der Waals surface area contributed by atoms with Gasteiger partial charge in [-0.25, -0.2) is 14.8 Å². The molecule has 3 aliphatic rings. The molecule has 0 spiro atoms. The van der Waals surface area contributed by atoms with Crippen LogP contribution >= 0.6 is 0 Å². The summed E-state index contributed by atoms with van der Waals surface area (Å²) in [5.41, 5.74) is 5.57. The number of fused-ring (bicyclic) bond motifs is 1. The molecule has 1 saturated carbocycles. The molecule has 0 unspecified atom stereocenters. The van der Waals surface area contributed by atoms with Gasteiger partial charge >= 0.3 is 6.03 Å². The molecule has 2 saturated heterocycles. The predicted molar refractivity (Wildman–Crippen MR) is 87.3 cm³/mol. The van der Waals surface area contributed by atoms with Crippen molar-refractivity contribution >= 4 is 17.8 Å². The van der Waals surface area contributed by atoms with Crippen LogP contribution in [-0.4, -0.2) is 76.0 Å². The summed E-state index contributed by atoms with van der Waals surface area (Å²) >= 11 is 0. The molecule has 3 fully saturated rings. The van der Waals surface area contributed by atoms with E-state index in [0.29, 0.717) is 6.54 Å². The van der Waals surface area contributed by atoms with Gasteiger partial charge in [-0.15, -0.1) is 0 Å². The Hall–Kier alpha value is -1.83. The molecule has 0 aromatic carbocycles. The Morgan fingerprint density at radius 1 is 1.21 bits per heavy atom. The number of carbonyl (C=O) groups is 3. The molecule has 8 heteroatoms. The highest BCUT2D eigenvalue weighted by Gasteiger charge is 2.52. The minimum absolute atomic E-state index is 0.00970. The van der Waals surface area contributed by atoms with E-state index >= 15 is 0 Å². The molecule has 0 bridgehead atoms. The zero-order chi connectivity index (χ0) is 17.6. The van der Waals surface area contributed by atoms with Crippen molar-refractivity contribution in [1.29, 1.82) is 0 Å². The number of nitrogens with two attached hydrogens (primary N) is 1. The molecule has 4 amide bonds. The van der Waals surface area contributed by atoms with Crippen LogP contribution < -0.4 is 5.73 Å². The highest BCUT2D eigenvalue weighted by Crippen LogP contribution is 2.33. The van der Waals surface area contributed by atoms with Gasteiger partial charge in [-0.3, -0.25) is 9.59 Å². The van der Waals surface area contributed by atoms with Gasteiger partial charge in [0, 0.05) is 13.1 Å². The third kappa shape index (κ3) is 2.62. The fourth-order valence-corrected chi connectivity index (χ4v) is 4.39. The first kappa shape index (κ1) is 17.0.